The number of hydrogen-bond acceptors (Lipinski definition) is 3. The number of carbonyl (C=O) groups excluding carboxylic acids is 1. The van der Waals surface area contributed by atoms with Crippen LogP contribution in [0.15, 0.2) is 108 Å². The van der Waals surface area contributed by atoms with E-state index in [0.29, 0.717) is 19.5 Å². The lowest BCUT2D eigenvalue weighted by Gasteiger charge is -2.25. The molecule has 0 atom stereocenters. The zero-order chi connectivity index (χ0) is 20.6. The molecule has 0 unspecified atom stereocenters. The Hall–Kier alpha value is -3.66. The lowest BCUT2D eigenvalue weighted by atomic mass is 9.88. The molecule has 0 saturated carbocycles. The minimum absolute atomic E-state index is 0.0114. The predicted molar refractivity (Wildman–Crippen MR) is 117 cm³/mol. The van der Waals surface area contributed by atoms with Crippen LogP contribution in [-0.4, -0.2) is 15.8 Å². The summed E-state index contributed by atoms with van der Waals surface area (Å²) in [5.41, 5.74) is 3.12. The number of pyridine rings is 1. The SMILES string of the molecule is O=C(CC(c1ccccc1)c1ccccc1)N(Cc1ccccn1)Cc1ccco1. The van der Waals surface area contributed by atoms with Gasteiger partial charge in [-0.15, -0.1) is 0 Å². The molecule has 1 amide bonds. The second-order valence-electron chi connectivity index (χ2n) is 7.23. The van der Waals surface area contributed by atoms with Gasteiger partial charge in [-0.1, -0.05) is 66.7 Å². The molecule has 0 aliphatic heterocycles. The van der Waals surface area contributed by atoms with Crippen molar-refractivity contribution in [1.82, 2.24) is 9.88 Å². The molecule has 0 bridgehead atoms. The molecule has 0 spiro atoms. The van der Waals surface area contributed by atoms with Crippen LogP contribution in [0.3, 0.4) is 0 Å². The molecule has 0 N–H and O–H groups in total. The molecule has 150 valence electrons. The van der Waals surface area contributed by atoms with Gasteiger partial charge >= 0.3 is 0 Å². The van der Waals surface area contributed by atoms with Crippen molar-refractivity contribution in [3.63, 3.8) is 0 Å². The second-order valence-corrected chi connectivity index (χ2v) is 7.23. The first-order valence-corrected chi connectivity index (χ1v) is 10.1. The quantitative estimate of drug-likeness (QED) is 0.399. The first kappa shape index (κ1) is 19.6. The van der Waals surface area contributed by atoms with Crippen LogP contribution >= 0.6 is 0 Å². The van der Waals surface area contributed by atoms with Crippen molar-refractivity contribution >= 4 is 5.91 Å². The Morgan fingerprint density at radius 1 is 0.800 bits per heavy atom. The summed E-state index contributed by atoms with van der Waals surface area (Å²) < 4.78 is 5.51. The van der Waals surface area contributed by atoms with Gasteiger partial charge in [0, 0.05) is 18.5 Å². The third-order valence-electron chi connectivity index (χ3n) is 5.14. The Kier molecular flexibility index (Phi) is 6.35. The van der Waals surface area contributed by atoms with Crippen LogP contribution in [-0.2, 0) is 17.9 Å². The standard InChI is InChI=1S/C26H24N2O2/c29-26(18-25(21-10-3-1-4-11-21)22-12-5-2-6-13-22)28(20-24-15-9-17-30-24)19-23-14-7-8-16-27-23/h1-17,25H,18-20H2. The zero-order valence-corrected chi connectivity index (χ0v) is 16.7. The Balaban J connectivity index is 1.60. The Morgan fingerprint density at radius 3 is 2.03 bits per heavy atom. The minimum atomic E-state index is -0.0114. The van der Waals surface area contributed by atoms with Gasteiger partial charge in [0.1, 0.15) is 5.76 Å². The first-order chi connectivity index (χ1) is 14.8. The van der Waals surface area contributed by atoms with Crippen LogP contribution in [0.25, 0.3) is 0 Å². The minimum Gasteiger partial charge on any atom is -0.467 e. The van der Waals surface area contributed by atoms with Crippen molar-refractivity contribution in [2.24, 2.45) is 0 Å². The number of furan rings is 1. The predicted octanol–water partition coefficient (Wildman–Crippen LogP) is 5.43. The van der Waals surface area contributed by atoms with E-state index >= 15 is 0 Å². The van der Waals surface area contributed by atoms with Gasteiger partial charge in [0.25, 0.3) is 0 Å². The first-order valence-electron chi connectivity index (χ1n) is 10.1. The van der Waals surface area contributed by atoms with Crippen LogP contribution in [0.2, 0.25) is 0 Å². The molecule has 2 heterocycles. The van der Waals surface area contributed by atoms with E-state index < -0.39 is 0 Å². The van der Waals surface area contributed by atoms with E-state index in [9.17, 15) is 4.79 Å². The fourth-order valence-electron chi connectivity index (χ4n) is 3.61. The molecular weight excluding hydrogens is 372 g/mol. The number of nitrogens with zero attached hydrogens (tertiary/aromatic N) is 2. The third-order valence-corrected chi connectivity index (χ3v) is 5.14. The molecule has 4 rings (SSSR count). The molecule has 2 aromatic heterocycles. The van der Waals surface area contributed by atoms with Gasteiger partial charge in [0.2, 0.25) is 5.91 Å². The number of benzene rings is 2. The largest absolute Gasteiger partial charge is 0.467 e. The number of hydrogen-bond donors (Lipinski definition) is 0. The third kappa shape index (κ3) is 5.03. The summed E-state index contributed by atoms with van der Waals surface area (Å²) in [6.07, 6.45) is 3.76. The smallest absolute Gasteiger partial charge is 0.224 e. The fraction of sp³-hybridized carbons (Fsp3) is 0.154. The van der Waals surface area contributed by atoms with Crippen LogP contribution < -0.4 is 0 Å². The van der Waals surface area contributed by atoms with Gasteiger partial charge < -0.3 is 9.32 Å². The van der Waals surface area contributed by atoms with Crippen LogP contribution in [0.1, 0.15) is 34.9 Å². The number of aromatic nitrogens is 1. The molecule has 0 saturated heterocycles. The van der Waals surface area contributed by atoms with Crippen molar-refractivity contribution in [2.45, 2.75) is 25.4 Å². The summed E-state index contributed by atoms with van der Waals surface area (Å²) in [7, 11) is 0. The van der Waals surface area contributed by atoms with E-state index in [1.807, 2.05) is 71.6 Å². The van der Waals surface area contributed by atoms with Crippen molar-refractivity contribution in [1.29, 1.82) is 0 Å². The van der Waals surface area contributed by atoms with E-state index in [4.69, 9.17) is 4.42 Å². The lowest BCUT2D eigenvalue weighted by molar-refractivity contribution is -0.133. The Labute approximate surface area is 176 Å². The maximum Gasteiger partial charge on any atom is 0.224 e. The molecule has 4 aromatic rings. The van der Waals surface area contributed by atoms with E-state index in [2.05, 4.69) is 29.2 Å². The van der Waals surface area contributed by atoms with E-state index in [1.165, 1.54) is 0 Å². The summed E-state index contributed by atoms with van der Waals surface area (Å²) >= 11 is 0. The van der Waals surface area contributed by atoms with Crippen molar-refractivity contribution < 1.29 is 9.21 Å². The maximum atomic E-state index is 13.5. The summed E-state index contributed by atoms with van der Waals surface area (Å²) in [6, 6.07) is 29.9. The van der Waals surface area contributed by atoms with Crippen LogP contribution in [0, 0.1) is 0 Å². The van der Waals surface area contributed by atoms with Crippen LogP contribution in [0.4, 0.5) is 0 Å². The number of rotatable bonds is 8. The van der Waals surface area contributed by atoms with Crippen molar-refractivity contribution in [2.75, 3.05) is 0 Å². The average molecular weight is 396 g/mol. The van der Waals surface area contributed by atoms with Gasteiger partial charge in [-0.25, -0.2) is 0 Å². The molecule has 0 radical (unpaired) electrons. The lowest BCUT2D eigenvalue weighted by Crippen LogP contribution is -2.31. The summed E-state index contributed by atoms with van der Waals surface area (Å²) in [5.74, 6) is 0.813. The van der Waals surface area contributed by atoms with E-state index in [1.54, 1.807) is 12.5 Å². The molecule has 4 heteroatoms. The highest BCUT2D eigenvalue weighted by molar-refractivity contribution is 5.77. The van der Waals surface area contributed by atoms with Crippen LogP contribution in [0.5, 0.6) is 0 Å². The van der Waals surface area contributed by atoms with Gasteiger partial charge in [-0.05, 0) is 35.4 Å². The molecule has 4 nitrogen and oxygen atoms in total. The Bertz CT molecular complexity index is 993. The van der Waals surface area contributed by atoms with Gasteiger partial charge in [0.05, 0.1) is 25.0 Å². The second kappa shape index (κ2) is 9.70. The molecule has 2 aromatic carbocycles. The topological polar surface area (TPSA) is 46.3 Å². The van der Waals surface area contributed by atoms with E-state index in [-0.39, 0.29) is 11.8 Å². The monoisotopic (exact) mass is 396 g/mol. The summed E-state index contributed by atoms with van der Waals surface area (Å²) in [6.45, 7) is 0.857. The van der Waals surface area contributed by atoms with Crippen molar-refractivity contribution in [3.05, 3.63) is 126 Å². The van der Waals surface area contributed by atoms with Gasteiger partial charge in [-0.3, -0.25) is 9.78 Å². The zero-order valence-electron chi connectivity index (χ0n) is 16.7. The van der Waals surface area contributed by atoms with Gasteiger partial charge in [0.15, 0.2) is 0 Å². The van der Waals surface area contributed by atoms with Gasteiger partial charge in [-0.2, -0.15) is 0 Å². The molecule has 30 heavy (non-hydrogen) atoms. The Morgan fingerprint density at radius 2 is 1.47 bits per heavy atom. The highest BCUT2D eigenvalue weighted by Crippen LogP contribution is 2.29. The van der Waals surface area contributed by atoms with E-state index in [0.717, 1.165) is 22.6 Å². The van der Waals surface area contributed by atoms with Crippen molar-refractivity contribution in [3.8, 4) is 0 Å². The molecule has 0 aliphatic rings. The molecule has 0 aliphatic carbocycles. The number of carbonyl (C=O) groups is 1. The summed E-state index contributed by atoms with van der Waals surface area (Å²) in [4.78, 5) is 19.7. The normalized spacial score (nSPS) is 10.8. The molecular formula is C26H24N2O2. The highest BCUT2D eigenvalue weighted by Gasteiger charge is 2.23. The fourth-order valence-corrected chi connectivity index (χ4v) is 3.61. The highest BCUT2D eigenvalue weighted by atomic mass is 16.3. The number of amides is 1. The molecule has 0 fully saturated rings. The average Bonchev–Trinajstić information content (AvgIpc) is 3.32. The summed E-state index contributed by atoms with van der Waals surface area (Å²) in [5, 5.41) is 0. The maximum absolute atomic E-state index is 13.5.